The summed E-state index contributed by atoms with van der Waals surface area (Å²) >= 11 is 0. The zero-order valence-corrected chi connectivity index (χ0v) is 15.4. The number of piperidine rings is 1. The summed E-state index contributed by atoms with van der Waals surface area (Å²) in [5.41, 5.74) is 1.29. The Morgan fingerprint density at radius 3 is 2.40 bits per heavy atom. The van der Waals surface area contributed by atoms with E-state index < -0.39 is 0 Å². The van der Waals surface area contributed by atoms with Crippen molar-refractivity contribution in [2.24, 2.45) is 11.3 Å². The normalized spacial score (nSPS) is 16.5. The standard InChI is InChI=1S/C19H29N3O3/c1-14(2)17(23)22-16-6-4-15(5-7-16)18(24)21-12-19(13-25-3)8-10-20-11-9-19/h4-7,14,20H,8-13H2,1-3H3,(H,21,24)(H,22,23). The fourth-order valence-corrected chi connectivity index (χ4v) is 3.00. The van der Waals surface area contributed by atoms with Gasteiger partial charge in [-0.2, -0.15) is 0 Å². The summed E-state index contributed by atoms with van der Waals surface area (Å²) < 4.78 is 5.38. The summed E-state index contributed by atoms with van der Waals surface area (Å²) in [7, 11) is 1.70. The summed E-state index contributed by atoms with van der Waals surface area (Å²) in [5.74, 6) is -0.217. The number of methoxy groups -OCH3 is 1. The molecule has 1 aliphatic heterocycles. The van der Waals surface area contributed by atoms with E-state index in [4.69, 9.17) is 4.74 Å². The van der Waals surface area contributed by atoms with Crippen LogP contribution in [0.5, 0.6) is 0 Å². The molecule has 1 aromatic carbocycles. The van der Waals surface area contributed by atoms with Gasteiger partial charge in [0.25, 0.3) is 5.91 Å². The van der Waals surface area contributed by atoms with Gasteiger partial charge in [-0.3, -0.25) is 9.59 Å². The van der Waals surface area contributed by atoms with Crippen LogP contribution in [0, 0.1) is 11.3 Å². The highest BCUT2D eigenvalue weighted by Gasteiger charge is 2.32. The molecule has 6 heteroatoms. The van der Waals surface area contributed by atoms with Crippen molar-refractivity contribution in [1.29, 1.82) is 0 Å². The summed E-state index contributed by atoms with van der Waals surface area (Å²) in [6, 6.07) is 6.97. The smallest absolute Gasteiger partial charge is 0.251 e. The zero-order valence-electron chi connectivity index (χ0n) is 15.4. The second-order valence-electron chi connectivity index (χ2n) is 7.09. The van der Waals surface area contributed by atoms with Crippen molar-refractivity contribution in [1.82, 2.24) is 10.6 Å². The van der Waals surface area contributed by atoms with Crippen LogP contribution >= 0.6 is 0 Å². The quantitative estimate of drug-likeness (QED) is 0.705. The Hall–Kier alpha value is -1.92. The van der Waals surface area contributed by atoms with E-state index in [9.17, 15) is 9.59 Å². The van der Waals surface area contributed by atoms with Gasteiger partial charge in [0, 0.05) is 36.2 Å². The first-order valence-corrected chi connectivity index (χ1v) is 8.84. The van der Waals surface area contributed by atoms with E-state index in [1.165, 1.54) is 0 Å². The SMILES string of the molecule is COCC1(CNC(=O)c2ccc(NC(=O)C(C)C)cc2)CCNCC1. The molecule has 2 rings (SSSR count). The molecule has 0 radical (unpaired) electrons. The van der Waals surface area contributed by atoms with Gasteiger partial charge in [-0.05, 0) is 50.2 Å². The second-order valence-corrected chi connectivity index (χ2v) is 7.09. The van der Waals surface area contributed by atoms with Crippen molar-refractivity contribution in [2.75, 3.05) is 38.7 Å². The number of carbonyl (C=O) groups excluding carboxylic acids is 2. The molecule has 1 heterocycles. The first-order chi connectivity index (χ1) is 12.0. The predicted molar refractivity (Wildman–Crippen MR) is 98.7 cm³/mol. The van der Waals surface area contributed by atoms with Gasteiger partial charge in [0.15, 0.2) is 0 Å². The van der Waals surface area contributed by atoms with Crippen LogP contribution in [0.3, 0.4) is 0 Å². The van der Waals surface area contributed by atoms with Gasteiger partial charge in [-0.1, -0.05) is 13.8 Å². The Labute approximate surface area is 149 Å². The van der Waals surface area contributed by atoms with E-state index in [0.717, 1.165) is 25.9 Å². The Morgan fingerprint density at radius 1 is 1.20 bits per heavy atom. The zero-order chi connectivity index (χ0) is 18.3. The van der Waals surface area contributed by atoms with Gasteiger partial charge >= 0.3 is 0 Å². The van der Waals surface area contributed by atoms with Crippen molar-refractivity contribution >= 4 is 17.5 Å². The molecule has 0 saturated carbocycles. The Kier molecular flexibility index (Phi) is 6.96. The maximum Gasteiger partial charge on any atom is 0.251 e. The van der Waals surface area contributed by atoms with Crippen LogP contribution in [0.2, 0.25) is 0 Å². The fraction of sp³-hybridized carbons (Fsp3) is 0.579. The van der Waals surface area contributed by atoms with Crippen LogP contribution < -0.4 is 16.0 Å². The van der Waals surface area contributed by atoms with E-state index in [1.807, 2.05) is 13.8 Å². The molecular formula is C19H29N3O3. The van der Waals surface area contributed by atoms with Crippen molar-refractivity contribution in [2.45, 2.75) is 26.7 Å². The van der Waals surface area contributed by atoms with Crippen molar-refractivity contribution in [3.05, 3.63) is 29.8 Å². The third-order valence-corrected chi connectivity index (χ3v) is 4.68. The Morgan fingerprint density at radius 2 is 1.84 bits per heavy atom. The molecule has 25 heavy (non-hydrogen) atoms. The number of ether oxygens (including phenoxy) is 1. The average molecular weight is 347 g/mol. The predicted octanol–water partition coefficient (Wildman–Crippen LogP) is 2.03. The Balaban J connectivity index is 1.92. The number of hydrogen-bond donors (Lipinski definition) is 3. The van der Waals surface area contributed by atoms with Crippen LogP contribution in [0.4, 0.5) is 5.69 Å². The molecule has 3 N–H and O–H groups in total. The van der Waals surface area contributed by atoms with Crippen LogP contribution in [0.15, 0.2) is 24.3 Å². The van der Waals surface area contributed by atoms with E-state index in [2.05, 4.69) is 16.0 Å². The number of anilines is 1. The minimum absolute atomic E-state index is 0.000833. The molecule has 2 amide bonds. The topological polar surface area (TPSA) is 79.5 Å². The third kappa shape index (κ3) is 5.54. The van der Waals surface area contributed by atoms with Crippen molar-refractivity contribution in [3.63, 3.8) is 0 Å². The summed E-state index contributed by atoms with van der Waals surface area (Å²) in [6.07, 6.45) is 1.97. The second kappa shape index (κ2) is 8.97. The number of benzene rings is 1. The molecule has 1 fully saturated rings. The van der Waals surface area contributed by atoms with E-state index >= 15 is 0 Å². The summed E-state index contributed by atoms with van der Waals surface area (Å²) in [5, 5.41) is 9.20. The highest BCUT2D eigenvalue weighted by atomic mass is 16.5. The lowest BCUT2D eigenvalue weighted by Gasteiger charge is -2.37. The van der Waals surface area contributed by atoms with Gasteiger partial charge < -0.3 is 20.7 Å². The molecule has 0 aromatic heterocycles. The van der Waals surface area contributed by atoms with Crippen LogP contribution in [0.1, 0.15) is 37.0 Å². The van der Waals surface area contributed by atoms with Crippen LogP contribution in [0.25, 0.3) is 0 Å². The van der Waals surface area contributed by atoms with Crippen LogP contribution in [-0.2, 0) is 9.53 Å². The number of carbonyl (C=O) groups is 2. The lowest BCUT2D eigenvalue weighted by molar-refractivity contribution is -0.118. The molecular weight excluding hydrogens is 318 g/mol. The van der Waals surface area contributed by atoms with E-state index in [1.54, 1.807) is 31.4 Å². The fourth-order valence-electron chi connectivity index (χ4n) is 3.00. The first kappa shape index (κ1) is 19.4. The minimum Gasteiger partial charge on any atom is -0.384 e. The van der Waals surface area contributed by atoms with Gasteiger partial charge in [-0.25, -0.2) is 0 Å². The molecule has 0 atom stereocenters. The summed E-state index contributed by atoms with van der Waals surface area (Å²) in [6.45, 7) is 6.83. The van der Waals surface area contributed by atoms with Gasteiger partial charge in [0.2, 0.25) is 5.91 Å². The summed E-state index contributed by atoms with van der Waals surface area (Å²) in [4.78, 5) is 24.1. The molecule has 6 nitrogen and oxygen atoms in total. The van der Waals surface area contributed by atoms with Gasteiger partial charge in [0.1, 0.15) is 0 Å². The maximum atomic E-state index is 12.4. The molecule has 0 unspecified atom stereocenters. The number of amides is 2. The van der Waals surface area contributed by atoms with Gasteiger partial charge in [0.05, 0.1) is 6.61 Å². The molecule has 0 bridgehead atoms. The molecule has 0 spiro atoms. The average Bonchev–Trinajstić information content (AvgIpc) is 2.61. The maximum absolute atomic E-state index is 12.4. The highest BCUT2D eigenvalue weighted by Crippen LogP contribution is 2.28. The van der Waals surface area contributed by atoms with Crippen molar-refractivity contribution in [3.8, 4) is 0 Å². The number of hydrogen-bond acceptors (Lipinski definition) is 4. The number of nitrogens with one attached hydrogen (secondary N) is 3. The first-order valence-electron chi connectivity index (χ1n) is 8.84. The molecule has 1 aromatic rings. The largest absolute Gasteiger partial charge is 0.384 e. The monoisotopic (exact) mass is 347 g/mol. The molecule has 138 valence electrons. The van der Waals surface area contributed by atoms with E-state index in [0.29, 0.717) is 24.4 Å². The molecule has 1 aliphatic rings. The number of rotatable bonds is 7. The van der Waals surface area contributed by atoms with Gasteiger partial charge in [-0.15, -0.1) is 0 Å². The third-order valence-electron chi connectivity index (χ3n) is 4.68. The molecule has 0 aliphatic carbocycles. The lowest BCUT2D eigenvalue weighted by atomic mass is 9.79. The minimum atomic E-state index is -0.101. The van der Waals surface area contributed by atoms with Crippen LogP contribution in [-0.4, -0.2) is 45.2 Å². The van der Waals surface area contributed by atoms with E-state index in [-0.39, 0.29) is 23.1 Å². The lowest BCUT2D eigenvalue weighted by Crippen LogP contribution is -2.47. The Bertz CT molecular complexity index is 573. The van der Waals surface area contributed by atoms with Crippen molar-refractivity contribution < 1.29 is 14.3 Å². The molecule has 1 saturated heterocycles. The highest BCUT2D eigenvalue weighted by molar-refractivity contribution is 5.96.